The molecule has 0 aromatic carbocycles. The third-order valence-electron chi connectivity index (χ3n) is 2.67. The Labute approximate surface area is 120 Å². The number of rotatable bonds is 4. The molecule has 0 aliphatic carbocycles. The molecule has 0 aromatic rings. The van der Waals surface area contributed by atoms with E-state index in [1.165, 1.54) is 0 Å². The first kappa shape index (κ1) is 17.3. The van der Waals surface area contributed by atoms with Crippen molar-refractivity contribution in [2.45, 2.75) is 51.5 Å². The minimum Gasteiger partial charge on any atom is -0.456 e. The lowest BCUT2D eigenvalue weighted by molar-refractivity contribution is -0.292. The van der Waals surface area contributed by atoms with Crippen LogP contribution in [0.2, 0.25) is 0 Å². The van der Waals surface area contributed by atoms with Crippen molar-refractivity contribution in [1.82, 2.24) is 0 Å². The van der Waals surface area contributed by atoms with Gasteiger partial charge < -0.3 is 24.1 Å². The Morgan fingerprint density at radius 3 is 1.81 bits per heavy atom. The Morgan fingerprint density at radius 2 is 1.38 bits per heavy atom. The van der Waals surface area contributed by atoms with Gasteiger partial charge in [-0.3, -0.25) is 14.4 Å². The lowest BCUT2D eigenvalue weighted by Crippen LogP contribution is -2.61. The highest BCUT2D eigenvalue weighted by atomic mass is 19.1. The molecule has 5 atom stereocenters. The molecular formula is C12H17FO8. The van der Waals surface area contributed by atoms with Gasteiger partial charge in [-0.1, -0.05) is 0 Å². The maximum atomic E-state index is 13.0. The zero-order chi connectivity index (χ0) is 16.2. The van der Waals surface area contributed by atoms with E-state index in [1.54, 1.807) is 0 Å². The van der Waals surface area contributed by atoms with Gasteiger partial charge in [-0.25, -0.2) is 4.39 Å². The largest absolute Gasteiger partial charge is 0.456 e. The quantitative estimate of drug-likeness (QED) is 0.545. The lowest BCUT2D eigenvalue weighted by atomic mass is 9.98. The summed E-state index contributed by atoms with van der Waals surface area (Å²) in [5.74, 6) is -2.32. The molecule has 1 fully saturated rings. The Balaban J connectivity index is 3.08. The Hall–Kier alpha value is -1.74. The third kappa shape index (κ3) is 4.64. The number of aliphatic hydroxyl groups is 1. The molecule has 0 radical (unpaired) electrons. The van der Waals surface area contributed by atoms with E-state index in [4.69, 9.17) is 18.9 Å². The summed E-state index contributed by atoms with van der Waals surface area (Å²) in [6, 6.07) is 0. The van der Waals surface area contributed by atoms with E-state index in [9.17, 15) is 23.9 Å². The van der Waals surface area contributed by atoms with E-state index in [0.29, 0.717) is 0 Å². The fourth-order valence-corrected chi connectivity index (χ4v) is 2.00. The number of esters is 3. The van der Waals surface area contributed by atoms with Crippen LogP contribution < -0.4 is 0 Å². The molecular weight excluding hydrogens is 291 g/mol. The van der Waals surface area contributed by atoms with Gasteiger partial charge in [0.15, 0.2) is 24.6 Å². The van der Waals surface area contributed by atoms with Gasteiger partial charge in [-0.2, -0.15) is 0 Å². The van der Waals surface area contributed by atoms with E-state index in [-0.39, 0.29) is 0 Å². The van der Waals surface area contributed by atoms with Gasteiger partial charge in [0.25, 0.3) is 0 Å². The summed E-state index contributed by atoms with van der Waals surface area (Å²) in [5.41, 5.74) is 0. The summed E-state index contributed by atoms with van der Waals surface area (Å²) in [4.78, 5) is 33.3. The van der Waals surface area contributed by atoms with E-state index in [2.05, 4.69) is 0 Å². The smallest absolute Gasteiger partial charge is 0.303 e. The molecule has 9 heteroatoms. The van der Waals surface area contributed by atoms with Gasteiger partial charge in [0.1, 0.15) is 12.8 Å². The molecule has 1 aliphatic rings. The zero-order valence-electron chi connectivity index (χ0n) is 11.8. The molecule has 120 valence electrons. The summed E-state index contributed by atoms with van der Waals surface area (Å²) in [6.07, 6.45) is -7.21. The van der Waals surface area contributed by atoms with Crippen molar-refractivity contribution in [3.8, 4) is 0 Å². The third-order valence-corrected chi connectivity index (χ3v) is 2.67. The van der Waals surface area contributed by atoms with Crippen LogP contribution in [0.1, 0.15) is 20.8 Å². The number of halogens is 1. The number of alkyl halides is 1. The molecule has 0 bridgehead atoms. The van der Waals surface area contributed by atoms with Crippen molar-refractivity contribution >= 4 is 17.9 Å². The standard InChI is InChI=1S/C12H17FO8/c1-5(14)18-9-8(4-13)21-12(17)11(20-7(3)16)10(9)19-6(2)15/h8-12,17H,4H2,1-3H3/t8-,9+,10+,11-,12+/m1/s1. The first-order valence-electron chi connectivity index (χ1n) is 6.17. The van der Waals surface area contributed by atoms with Crippen molar-refractivity contribution in [2.24, 2.45) is 0 Å². The summed E-state index contributed by atoms with van der Waals surface area (Å²) in [5, 5.41) is 9.76. The molecule has 0 aromatic heterocycles. The topological polar surface area (TPSA) is 108 Å². The summed E-state index contributed by atoms with van der Waals surface area (Å²) in [6.45, 7) is 2.12. The van der Waals surface area contributed by atoms with Crippen LogP contribution in [0, 0.1) is 0 Å². The summed E-state index contributed by atoms with van der Waals surface area (Å²) >= 11 is 0. The second-order valence-corrected chi connectivity index (χ2v) is 4.44. The molecule has 1 N–H and O–H groups in total. The molecule has 0 amide bonds. The van der Waals surface area contributed by atoms with Crippen LogP contribution in [0.5, 0.6) is 0 Å². The molecule has 0 spiro atoms. The Bertz CT molecular complexity index is 412. The van der Waals surface area contributed by atoms with Crippen molar-refractivity contribution in [3.05, 3.63) is 0 Å². The molecule has 0 saturated carbocycles. The van der Waals surface area contributed by atoms with E-state index >= 15 is 0 Å². The number of carbonyl (C=O) groups excluding carboxylic acids is 3. The van der Waals surface area contributed by atoms with E-state index < -0.39 is 55.3 Å². The zero-order valence-corrected chi connectivity index (χ0v) is 11.8. The van der Waals surface area contributed by atoms with Gasteiger partial charge in [0.2, 0.25) is 0 Å². The molecule has 21 heavy (non-hydrogen) atoms. The van der Waals surface area contributed by atoms with Crippen LogP contribution >= 0.6 is 0 Å². The molecule has 8 nitrogen and oxygen atoms in total. The number of hydrogen-bond acceptors (Lipinski definition) is 8. The monoisotopic (exact) mass is 308 g/mol. The lowest BCUT2D eigenvalue weighted by Gasteiger charge is -2.42. The Morgan fingerprint density at radius 1 is 0.952 bits per heavy atom. The molecule has 0 unspecified atom stereocenters. The highest BCUT2D eigenvalue weighted by Gasteiger charge is 2.51. The van der Waals surface area contributed by atoms with Crippen molar-refractivity contribution in [1.29, 1.82) is 0 Å². The molecule has 1 rings (SSSR count). The van der Waals surface area contributed by atoms with Crippen LogP contribution in [0.15, 0.2) is 0 Å². The van der Waals surface area contributed by atoms with Gasteiger partial charge in [0, 0.05) is 20.8 Å². The molecule has 1 heterocycles. The van der Waals surface area contributed by atoms with Gasteiger partial charge >= 0.3 is 17.9 Å². The second kappa shape index (κ2) is 7.32. The second-order valence-electron chi connectivity index (χ2n) is 4.44. The van der Waals surface area contributed by atoms with E-state index in [0.717, 1.165) is 20.8 Å². The first-order valence-corrected chi connectivity index (χ1v) is 6.17. The van der Waals surface area contributed by atoms with Crippen LogP contribution in [0.25, 0.3) is 0 Å². The van der Waals surface area contributed by atoms with Crippen LogP contribution in [-0.2, 0) is 33.3 Å². The average Bonchev–Trinajstić information content (AvgIpc) is 2.35. The predicted octanol–water partition coefficient (Wildman–Crippen LogP) is -0.532. The van der Waals surface area contributed by atoms with Gasteiger partial charge in [-0.15, -0.1) is 0 Å². The first-order chi connectivity index (χ1) is 9.76. The van der Waals surface area contributed by atoms with Gasteiger partial charge in [0.05, 0.1) is 0 Å². The average molecular weight is 308 g/mol. The summed E-state index contributed by atoms with van der Waals surface area (Å²) < 4.78 is 32.5. The SMILES string of the molecule is CC(=O)O[C@@H]1[C@@H](OC(C)=O)[C@@H](O)O[C@H](CF)[C@@H]1OC(C)=O. The van der Waals surface area contributed by atoms with Gasteiger partial charge in [-0.05, 0) is 0 Å². The fourth-order valence-electron chi connectivity index (χ4n) is 2.00. The minimum absolute atomic E-state index is 0.767. The maximum Gasteiger partial charge on any atom is 0.303 e. The highest BCUT2D eigenvalue weighted by molar-refractivity contribution is 5.68. The number of aliphatic hydroxyl groups excluding tert-OH is 1. The fraction of sp³-hybridized carbons (Fsp3) is 0.750. The van der Waals surface area contributed by atoms with Crippen molar-refractivity contribution in [3.63, 3.8) is 0 Å². The Kier molecular flexibility index (Phi) is 6.03. The number of carbonyl (C=O) groups is 3. The highest BCUT2D eigenvalue weighted by Crippen LogP contribution is 2.28. The predicted molar refractivity (Wildman–Crippen MR) is 63.5 cm³/mol. The normalized spacial score (nSPS) is 32.1. The van der Waals surface area contributed by atoms with Crippen LogP contribution in [0.4, 0.5) is 4.39 Å². The maximum absolute atomic E-state index is 13.0. The molecule has 1 saturated heterocycles. The summed E-state index contributed by atoms with van der Waals surface area (Å²) in [7, 11) is 0. The molecule has 1 aliphatic heterocycles. The number of ether oxygens (including phenoxy) is 4. The van der Waals surface area contributed by atoms with Crippen molar-refractivity contribution in [2.75, 3.05) is 6.67 Å². The van der Waals surface area contributed by atoms with E-state index in [1.807, 2.05) is 0 Å². The minimum atomic E-state index is -1.72. The van der Waals surface area contributed by atoms with Crippen LogP contribution in [0.3, 0.4) is 0 Å². The van der Waals surface area contributed by atoms with Crippen molar-refractivity contribution < 1.29 is 42.8 Å². The number of hydrogen-bond donors (Lipinski definition) is 1. The van der Waals surface area contributed by atoms with Crippen LogP contribution in [-0.4, -0.2) is 60.4 Å².